The van der Waals surface area contributed by atoms with Gasteiger partial charge in [0, 0.05) is 19.2 Å². The molecule has 0 radical (unpaired) electrons. The van der Waals surface area contributed by atoms with E-state index >= 15 is 0 Å². The summed E-state index contributed by atoms with van der Waals surface area (Å²) in [5.74, 6) is -0.273. The molecule has 0 aliphatic carbocycles. The maximum absolute atomic E-state index is 12.7. The van der Waals surface area contributed by atoms with Crippen LogP contribution in [0.5, 0.6) is 0 Å². The largest absolute Gasteiger partial charge is 0.396 e. The molecule has 84 valence electrons. The van der Waals surface area contributed by atoms with Crippen molar-refractivity contribution in [2.24, 2.45) is 0 Å². The lowest BCUT2D eigenvalue weighted by molar-refractivity contribution is 0.298. The molecular weight excluding hydrogens is 275 g/mol. The van der Waals surface area contributed by atoms with E-state index in [1.54, 1.807) is 23.0 Å². The normalized spacial score (nSPS) is 10.7. The molecule has 1 aromatic carbocycles. The molecule has 0 atom stereocenters. The molecule has 1 N–H and O–H groups in total. The lowest BCUT2D eigenvalue weighted by Crippen LogP contribution is -1.97. The SMILES string of the molecule is OCCc1nn(-c2ccc(F)cc2)cc1Br. The Bertz CT molecular complexity index is 481. The Kier molecular flexibility index (Phi) is 3.36. The number of aliphatic hydroxyl groups is 1. The highest BCUT2D eigenvalue weighted by Gasteiger charge is 2.07. The summed E-state index contributed by atoms with van der Waals surface area (Å²) in [5, 5.41) is 13.1. The van der Waals surface area contributed by atoms with E-state index in [9.17, 15) is 4.39 Å². The van der Waals surface area contributed by atoms with Crippen LogP contribution >= 0.6 is 15.9 Å². The van der Waals surface area contributed by atoms with Crippen LogP contribution in [0.3, 0.4) is 0 Å². The first-order valence-electron chi connectivity index (χ1n) is 4.81. The molecule has 0 fully saturated rings. The van der Waals surface area contributed by atoms with E-state index in [0.717, 1.165) is 15.9 Å². The van der Waals surface area contributed by atoms with E-state index in [1.807, 2.05) is 0 Å². The third-order valence-corrected chi connectivity index (χ3v) is 2.84. The fourth-order valence-electron chi connectivity index (χ4n) is 1.39. The maximum Gasteiger partial charge on any atom is 0.123 e. The van der Waals surface area contributed by atoms with Gasteiger partial charge < -0.3 is 5.11 Å². The summed E-state index contributed by atoms with van der Waals surface area (Å²) in [6.45, 7) is 0.0546. The van der Waals surface area contributed by atoms with Gasteiger partial charge in [0.1, 0.15) is 5.82 Å². The molecule has 0 bridgehead atoms. The Hall–Kier alpha value is -1.20. The third-order valence-electron chi connectivity index (χ3n) is 2.18. The minimum Gasteiger partial charge on any atom is -0.396 e. The van der Waals surface area contributed by atoms with Gasteiger partial charge in [-0.1, -0.05) is 0 Å². The van der Waals surface area contributed by atoms with Crippen molar-refractivity contribution in [1.82, 2.24) is 9.78 Å². The van der Waals surface area contributed by atoms with E-state index in [2.05, 4.69) is 21.0 Å². The zero-order valence-corrected chi connectivity index (χ0v) is 9.98. The first-order valence-corrected chi connectivity index (χ1v) is 5.61. The molecule has 0 amide bonds. The fourth-order valence-corrected chi connectivity index (χ4v) is 1.86. The van der Waals surface area contributed by atoms with Crippen molar-refractivity contribution in [3.05, 3.63) is 46.4 Å². The summed E-state index contributed by atoms with van der Waals surface area (Å²) in [4.78, 5) is 0. The highest BCUT2D eigenvalue weighted by molar-refractivity contribution is 9.10. The molecule has 5 heteroatoms. The lowest BCUT2D eigenvalue weighted by Gasteiger charge is -1.99. The smallest absolute Gasteiger partial charge is 0.123 e. The van der Waals surface area contributed by atoms with Gasteiger partial charge in [-0.25, -0.2) is 9.07 Å². The highest BCUT2D eigenvalue weighted by atomic mass is 79.9. The Morgan fingerprint density at radius 3 is 2.62 bits per heavy atom. The second kappa shape index (κ2) is 4.76. The van der Waals surface area contributed by atoms with Crippen molar-refractivity contribution in [3.63, 3.8) is 0 Å². The Labute approximate surface area is 101 Å². The summed E-state index contributed by atoms with van der Waals surface area (Å²) in [6.07, 6.45) is 2.28. The van der Waals surface area contributed by atoms with Crippen LogP contribution in [0.4, 0.5) is 4.39 Å². The standard InChI is InChI=1S/C11H10BrFN2O/c12-10-7-15(14-11(10)5-6-16)9-3-1-8(13)2-4-9/h1-4,7,16H,5-6H2. The van der Waals surface area contributed by atoms with Crippen molar-refractivity contribution >= 4 is 15.9 Å². The topological polar surface area (TPSA) is 38.1 Å². The number of rotatable bonds is 3. The summed E-state index contributed by atoms with van der Waals surface area (Å²) < 4.78 is 15.2. The van der Waals surface area contributed by atoms with E-state index in [1.165, 1.54) is 12.1 Å². The molecule has 16 heavy (non-hydrogen) atoms. The number of hydrogen-bond acceptors (Lipinski definition) is 2. The van der Waals surface area contributed by atoms with Gasteiger partial charge in [0.25, 0.3) is 0 Å². The predicted octanol–water partition coefficient (Wildman–Crippen LogP) is 2.31. The van der Waals surface area contributed by atoms with Gasteiger partial charge >= 0.3 is 0 Å². The van der Waals surface area contributed by atoms with E-state index in [-0.39, 0.29) is 12.4 Å². The second-order valence-corrected chi connectivity index (χ2v) is 4.17. The molecule has 0 aliphatic heterocycles. The van der Waals surface area contributed by atoms with Crippen LogP contribution in [-0.2, 0) is 6.42 Å². The summed E-state index contributed by atoms with van der Waals surface area (Å²) in [5.41, 5.74) is 1.57. The van der Waals surface area contributed by atoms with Crippen LogP contribution in [0.25, 0.3) is 5.69 Å². The summed E-state index contributed by atoms with van der Waals surface area (Å²) >= 11 is 3.36. The van der Waals surface area contributed by atoms with Gasteiger partial charge in [-0.2, -0.15) is 5.10 Å². The minimum absolute atomic E-state index is 0.0546. The number of halogens is 2. The van der Waals surface area contributed by atoms with Gasteiger partial charge in [0.2, 0.25) is 0 Å². The average molecular weight is 285 g/mol. The molecular formula is C11H10BrFN2O. The molecule has 1 aromatic heterocycles. The molecule has 2 rings (SSSR count). The zero-order chi connectivity index (χ0) is 11.5. The first kappa shape index (κ1) is 11.3. The van der Waals surface area contributed by atoms with Crippen LogP contribution in [-0.4, -0.2) is 21.5 Å². The second-order valence-electron chi connectivity index (χ2n) is 3.32. The van der Waals surface area contributed by atoms with Gasteiger partial charge in [-0.3, -0.25) is 0 Å². The molecule has 0 unspecified atom stereocenters. The van der Waals surface area contributed by atoms with E-state index in [0.29, 0.717) is 6.42 Å². The number of hydrogen-bond donors (Lipinski definition) is 1. The zero-order valence-electron chi connectivity index (χ0n) is 8.40. The van der Waals surface area contributed by atoms with Crippen molar-refractivity contribution in [3.8, 4) is 5.69 Å². The van der Waals surface area contributed by atoms with Gasteiger partial charge in [-0.15, -0.1) is 0 Å². The van der Waals surface area contributed by atoms with Crippen LogP contribution in [0.1, 0.15) is 5.69 Å². The molecule has 0 saturated heterocycles. The van der Waals surface area contributed by atoms with E-state index in [4.69, 9.17) is 5.11 Å². The lowest BCUT2D eigenvalue weighted by atomic mass is 10.3. The fraction of sp³-hybridized carbons (Fsp3) is 0.182. The van der Waals surface area contributed by atoms with Crippen LogP contribution in [0.2, 0.25) is 0 Å². The van der Waals surface area contributed by atoms with Crippen molar-refractivity contribution in [1.29, 1.82) is 0 Å². The Balaban J connectivity index is 2.33. The Morgan fingerprint density at radius 2 is 2.00 bits per heavy atom. The molecule has 0 spiro atoms. The first-order chi connectivity index (χ1) is 7.70. The molecule has 3 nitrogen and oxygen atoms in total. The predicted molar refractivity (Wildman–Crippen MR) is 62.0 cm³/mol. The van der Waals surface area contributed by atoms with Crippen LogP contribution < -0.4 is 0 Å². The van der Waals surface area contributed by atoms with Gasteiger partial charge in [-0.05, 0) is 40.2 Å². The molecule has 0 saturated carbocycles. The number of aromatic nitrogens is 2. The third kappa shape index (κ3) is 2.31. The van der Waals surface area contributed by atoms with Crippen molar-refractivity contribution < 1.29 is 9.50 Å². The van der Waals surface area contributed by atoms with Gasteiger partial charge in [0.05, 0.1) is 15.9 Å². The molecule has 0 aliphatic rings. The monoisotopic (exact) mass is 284 g/mol. The quantitative estimate of drug-likeness (QED) is 0.939. The van der Waals surface area contributed by atoms with Crippen LogP contribution in [0.15, 0.2) is 34.9 Å². The average Bonchev–Trinajstić information content (AvgIpc) is 2.62. The number of nitrogens with zero attached hydrogens (tertiary/aromatic N) is 2. The summed E-state index contributed by atoms with van der Waals surface area (Å²) in [6, 6.07) is 6.07. The van der Waals surface area contributed by atoms with E-state index < -0.39 is 0 Å². The number of benzene rings is 1. The molecule has 2 aromatic rings. The number of aliphatic hydroxyl groups excluding tert-OH is 1. The van der Waals surface area contributed by atoms with Crippen LogP contribution in [0, 0.1) is 5.82 Å². The minimum atomic E-state index is -0.273. The highest BCUT2D eigenvalue weighted by Crippen LogP contribution is 2.18. The summed E-state index contributed by atoms with van der Waals surface area (Å²) in [7, 11) is 0. The van der Waals surface area contributed by atoms with Crippen molar-refractivity contribution in [2.75, 3.05) is 6.61 Å². The van der Waals surface area contributed by atoms with Gasteiger partial charge in [0.15, 0.2) is 0 Å². The maximum atomic E-state index is 12.7. The van der Waals surface area contributed by atoms with Crippen molar-refractivity contribution in [2.45, 2.75) is 6.42 Å². The Morgan fingerprint density at radius 1 is 1.31 bits per heavy atom. The molecule has 1 heterocycles.